The molecule has 16 heavy (non-hydrogen) atoms. The van der Waals surface area contributed by atoms with Gasteiger partial charge in [-0.3, -0.25) is 5.32 Å². The summed E-state index contributed by atoms with van der Waals surface area (Å²) in [7, 11) is 0. The zero-order valence-corrected chi connectivity index (χ0v) is 9.70. The van der Waals surface area contributed by atoms with E-state index in [0.29, 0.717) is 5.69 Å². The lowest BCUT2D eigenvalue weighted by molar-refractivity contribution is 0.0636. The quantitative estimate of drug-likeness (QED) is 0.734. The van der Waals surface area contributed by atoms with Crippen LogP contribution in [0, 0.1) is 12.3 Å². The number of terminal acetylenes is 1. The van der Waals surface area contributed by atoms with Crippen molar-refractivity contribution >= 4 is 11.8 Å². The second-order valence-electron chi connectivity index (χ2n) is 4.35. The van der Waals surface area contributed by atoms with Crippen LogP contribution in [0.25, 0.3) is 0 Å². The van der Waals surface area contributed by atoms with Crippen molar-refractivity contribution in [2.24, 2.45) is 0 Å². The van der Waals surface area contributed by atoms with Gasteiger partial charge in [0.15, 0.2) is 0 Å². The van der Waals surface area contributed by atoms with Gasteiger partial charge in [-0.25, -0.2) is 4.79 Å². The molecule has 0 aliphatic rings. The largest absolute Gasteiger partial charge is 0.444 e. The summed E-state index contributed by atoms with van der Waals surface area (Å²) in [5.41, 5.74) is 0.936. The Morgan fingerprint density at radius 1 is 1.31 bits per heavy atom. The number of nitrogens with one attached hydrogen (secondary N) is 1. The lowest BCUT2D eigenvalue weighted by Crippen LogP contribution is -2.27. The van der Waals surface area contributed by atoms with Crippen LogP contribution in [0.2, 0.25) is 0 Å². The molecule has 1 N–H and O–H groups in total. The highest BCUT2D eigenvalue weighted by atomic mass is 16.6. The normalized spacial score (nSPS) is 10.4. The standard InChI is InChI=1S/C13H15NO2/c1-5-10-6-8-11(9-7-10)14-12(15)16-13(2,3)4/h1,6-9H,2-4H3,(H,14,15). The molecule has 1 amide bonds. The van der Waals surface area contributed by atoms with Gasteiger partial charge in [-0.2, -0.15) is 0 Å². The molecule has 1 aromatic carbocycles. The fourth-order valence-electron chi connectivity index (χ4n) is 1.07. The summed E-state index contributed by atoms with van der Waals surface area (Å²) >= 11 is 0. The molecule has 0 fully saturated rings. The summed E-state index contributed by atoms with van der Waals surface area (Å²) in [6, 6.07) is 6.98. The lowest BCUT2D eigenvalue weighted by atomic mass is 10.2. The van der Waals surface area contributed by atoms with Crippen molar-refractivity contribution < 1.29 is 9.53 Å². The highest BCUT2D eigenvalue weighted by molar-refractivity contribution is 5.84. The smallest absolute Gasteiger partial charge is 0.412 e. The van der Waals surface area contributed by atoms with Crippen molar-refractivity contribution in [3.05, 3.63) is 29.8 Å². The Bertz CT molecular complexity index is 407. The van der Waals surface area contributed by atoms with Crippen molar-refractivity contribution in [3.63, 3.8) is 0 Å². The van der Waals surface area contributed by atoms with Crippen LogP contribution in [0.3, 0.4) is 0 Å². The number of benzene rings is 1. The molecule has 0 aliphatic carbocycles. The second kappa shape index (κ2) is 4.71. The minimum Gasteiger partial charge on any atom is -0.444 e. The zero-order valence-electron chi connectivity index (χ0n) is 9.70. The van der Waals surface area contributed by atoms with E-state index in [0.717, 1.165) is 5.56 Å². The Hall–Kier alpha value is -1.95. The highest BCUT2D eigenvalue weighted by Crippen LogP contribution is 2.12. The first kappa shape index (κ1) is 12.1. The van der Waals surface area contributed by atoms with Crippen LogP contribution in [0.4, 0.5) is 10.5 Å². The van der Waals surface area contributed by atoms with Gasteiger partial charge in [-0.05, 0) is 45.0 Å². The van der Waals surface area contributed by atoms with Crippen molar-refractivity contribution in [2.75, 3.05) is 5.32 Å². The number of hydrogen-bond acceptors (Lipinski definition) is 2. The Morgan fingerprint density at radius 3 is 2.31 bits per heavy atom. The molecule has 3 heteroatoms. The van der Waals surface area contributed by atoms with Gasteiger partial charge in [0, 0.05) is 11.3 Å². The van der Waals surface area contributed by atoms with E-state index < -0.39 is 11.7 Å². The first-order valence-electron chi connectivity index (χ1n) is 4.97. The van der Waals surface area contributed by atoms with E-state index >= 15 is 0 Å². The van der Waals surface area contributed by atoms with Gasteiger partial charge in [0.1, 0.15) is 5.60 Å². The SMILES string of the molecule is C#Cc1ccc(NC(=O)OC(C)(C)C)cc1. The van der Waals surface area contributed by atoms with Crippen molar-refractivity contribution in [2.45, 2.75) is 26.4 Å². The van der Waals surface area contributed by atoms with Crippen LogP contribution in [0.5, 0.6) is 0 Å². The first-order chi connectivity index (χ1) is 7.40. The average molecular weight is 217 g/mol. The molecule has 0 unspecified atom stereocenters. The number of rotatable bonds is 1. The summed E-state index contributed by atoms with van der Waals surface area (Å²) in [6.45, 7) is 5.44. The monoisotopic (exact) mass is 217 g/mol. The molecular formula is C13H15NO2. The van der Waals surface area contributed by atoms with E-state index in [1.54, 1.807) is 24.3 Å². The molecule has 0 spiro atoms. The van der Waals surface area contributed by atoms with Crippen LogP contribution < -0.4 is 5.32 Å². The molecule has 0 saturated carbocycles. The highest BCUT2D eigenvalue weighted by Gasteiger charge is 2.15. The van der Waals surface area contributed by atoms with E-state index in [1.165, 1.54) is 0 Å². The van der Waals surface area contributed by atoms with Crippen molar-refractivity contribution in [1.29, 1.82) is 0 Å². The fraction of sp³-hybridized carbons (Fsp3) is 0.308. The van der Waals surface area contributed by atoms with E-state index in [9.17, 15) is 4.79 Å². The maximum absolute atomic E-state index is 11.4. The number of anilines is 1. The van der Waals surface area contributed by atoms with Crippen molar-refractivity contribution in [3.8, 4) is 12.3 Å². The maximum Gasteiger partial charge on any atom is 0.412 e. The molecule has 0 radical (unpaired) electrons. The molecule has 1 aromatic rings. The van der Waals surface area contributed by atoms with Crippen molar-refractivity contribution in [1.82, 2.24) is 0 Å². The summed E-state index contributed by atoms with van der Waals surface area (Å²) < 4.78 is 5.11. The van der Waals surface area contributed by atoms with Crippen LogP contribution in [0.15, 0.2) is 24.3 Å². The first-order valence-corrected chi connectivity index (χ1v) is 4.97. The third-order valence-electron chi connectivity index (χ3n) is 1.70. The molecule has 84 valence electrons. The van der Waals surface area contributed by atoms with Crippen LogP contribution >= 0.6 is 0 Å². The molecule has 1 rings (SSSR count). The Kier molecular flexibility index (Phi) is 3.57. The molecule has 0 heterocycles. The fourth-order valence-corrected chi connectivity index (χ4v) is 1.07. The Labute approximate surface area is 95.8 Å². The Balaban J connectivity index is 2.61. The van der Waals surface area contributed by atoms with E-state index in [-0.39, 0.29) is 0 Å². The summed E-state index contributed by atoms with van der Waals surface area (Å²) in [5, 5.41) is 2.62. The summed E-state index contributed by atoms with van der Waals surface area (Å²) in [6.07, 6.45) is 4.75. The third-order valence-corrected chi connectivity index (χ3v) is 1.70. The Morgan fingerprint density at radius 2 is 1.88 bits per heavy atom. The number of amides is 1. The molecule has 3 nitrogen and oxygen atoms in total. The molecule has 0 saturated heterocycles. The summed E-state index contributed by atoms with van der Waals surface area (Å²) in [5.74, 6) is 2.50. The third kappa shape index (κ3) is 4.05. The van der Waals surface area contributed by atoms with Crippen LogP contribution in [-0.2, 0) is 4.74 Å². The maximum atomic E-state index is 11.4. The number of carbonyl (C=O) groups excluding carboxylic acids is 1. The summed E-state index contributed by atoms with van der Waals surface area (Å²) in [4.78, 5) is 11.4. The van der Waals surface area contributed by atoms with Gasteiger partial charge < -0.3 is 4.74 Å². The van der Waals surface area contributed by atoms with E-state index in [1.807, 2.05) is 20.8 Å². The van der Waals surface area contributed by atoms with Gasteiger partial charge in [0.25, 0.3) is 0 Å². The lowest BCUT2D eigenvalue weighted by Gasteiger charge is -2.19. The van der Waals surface area contributed by atoms with Gasteiger partial charge in [0.05, 0.1) is 0 Å². The molecular weight excluding hydrogens is 202 g/mol. The van der Waals surface area contributed by atoms with Gasteiger partial charge in [0.2, 0.25) is 0 Å². The van der Waals surface area contributed by atoms with Crippen LogP contribution in [-0.4, -0.2) is 11.7 Å². The van der Waals surface area contributed by atoms with Gasteiger partial charge in [-0.1, -0.05) is 5.92 Å². The topological polar surface area (TPSA) is 38.3 Å². The minimum atomic E-state index is -0.497. The van der Waals surface area contributed by atoms with E-state index in [2.05, 4.69) is 11.2 Å². The van der Waals surface area contributed by atoms with E-state index in [4.69, 9.17) is 11.2 Å². The number of carbonyl (C=O) groups is 1. The van der Waals surface area contributed by atoms with Gasteiger partial charge in [-0.15, -0.1) is 6.42 Å². The molecule has 0 aromatic heterocycles. The molecule has 0 atom stereocenters. The second-order valence-corrected chi connectivity index (χ2v) is 4.35. The average Bonchev–Trinajstić information content (AvgIpc) is 2.16. The number of hydrogen-bond donors (Lipinski definition) is 1. The number of ether oxygens (including phenoxy) is 1. The minimum absolute atomic E-state index is 0.471. The molecule has 0 aliphatic heterocycles. The molecule has 0 bridgehead atoms. The van der Waals surface area contributed by atoms with Crippen LogP contribution in [0.1, 0.15) is 26.3 Å². The zero-order chi connectivity index (χ0) is 12.2. The predicted octanol–water partition coefficient (Wildman–Crippen LogP) is 3.01. The predicted molar refractivity (Wildman–Crippen MR) is 64.2 cm³/mol. The van der Waals surface area contributed by atoms with Gasteiger partial charge >= 0.3 is 6.09 Å².